The van der Waals surface area contributed by atoms with Crippen molar-refractivity contribution in [1.29, 1.82) is 0 Å². The molecule has 0 fully saturated rings. The van der Waals surface area contributed by atoms with Gasteiger partial charge in [-0.3, -0.25) is 0 Å². The number of benzene rings is 2. The van der Waals surface area contributed by atoms with Crippen LogP contribution in [-0.2, 0) is 13.2 Å². The number of hydrogen-bond donors (Lipinski definition) is 0. The van der Waals surface area contributed by atoms with Gasteiger partial charge in [-0.1, -0.05) is 24.3 Å². The number of aryl methyl sites for hydroxylation is 1. The van der Waals surface area contributed by atoms with Crippen molar-refractivity contribution in [3.05, 3.63) is 64.2 Å². The lowest BCUT2D eigenvalue weighted by atomic mass is 10.0. The molecule has 0 N–H and O–H groups in total. The summed E-state index contributed by atoms with van der Waals surface area (Å²) in [7, 11) is 1.56. The predicted molar refractivity (Wildman–Crippen MR) is 80.0 cm³/mol. The summed E-state index contributed by atoms with van der Waals surface area (Å²) in [5, 5.41) is 12.0. The van der Waals surface area contributed by atoms with Crippen molar-refractivity contribution in [2.45, 2.75) is 6.18 Å². The summed E-state index contributed by atoms with van der Waals surface area (Å²) in [6, 6.07) is 11.3. The van der Waals surface area contributed by atoms with Crippen LogP contribution in [0.3, 0.4) is 0 Å². The summed E-state index contributed by atoms with van der Waals surface area (Å²) in [6.45, 7) is 0. The van der Waals surface area contributed by atoms with Gasteiger partial charge in [-0.15, -0.1) is 0 Å². The molecular formula is C16H11F3N2O2. The topological polar surface area (TPSA) is 48.1 Å². The summed E-state index contributed by atoms with van der Waals surface area (Å²) in [5.74, 6) is -0.147. The summed E-state index contributed by atoms with van der Waals surface area (Å²) >= 11 is 0. The van der Waals surface area contributed by atoms with E-state index in [4.69, 9.17) is 0 Å². The fraction of sp³-hybridized carbons (Fsp3) is 0.125. The van der Waals surface area contributed by atoms with E-state index in [9.17, 15) is 23.3 Å². The zero-order valence-corrected chi connectivity index (χ0v) is 12.0. The fourth-order valence-electron chi connectivity index (χ4n) is 2.70. The molecule has 0 spiro atoms. The molecule has 1 aromatic heterocycles. The molecule has 0 aliphatic heterocycles. The quantitative estimate of drug-likeness (QED) is 0.504. The average Bonchev–Trinajstić information content (AvgIpc) is 2.80. The van der Waals surface area contributed by atoms with Gasteiger partial charge in [-0.2, -0.15) is 13.2 Å². The molecule has 7 heteroatoms. The molecule has 2 aromatic carbocycles. The number of hydrogen-bond acceptors (Lipinski definition) is 2. The van der Waals surface area contributed by atoms with Gasteiger partial charge in [-0.05, 0) is 34.8 Å². The van der Waals surface area contributed by atoms with Crippen molar-refractivity contribution in [2.24, 2.45) is 7.05 Å². The molecule has 3 aromatic rings. The lowest BCUT2D eigenvalue weighted by molar-refractivity contribution is -0.390. The van der Waals surface area contributed by atoms with Crippen LogP contribution in [0, 0.1) is 10.1 Å². The summed E-state index contributed by atoms with van der Waals surface area (Å²) in [5.41, 5.74) is 0.557. The maximum absolute atomic E-state index is 12.7. The number of halogens is 3. The molecule has 0 unspecified atom stereocenters. The Balaban J connectivity index is 2.27. The highest BCUT2D eigenvalue weighted by molar-refractivity contribution is 6.01. The fourth-order valence-corrected chi connectivity index (χ4v) is 2.70. The standard InChI is InChI=1S/C16H11F3N2O2/c1-20-13-5-3-2-4-12(13)14(15(20)21(22)23)10-6-8-11(9-7-10)16(17,18)19/h2-9H,1H3. The van der Waals surface area contributed by atoms with Crippen LogP contribution in [0.2, 0.25) is 0 Å². The summed E-state index contributed by atoms with van der Waals surface area (Å²) in [6.07, 6.45) is -4.44. The van der Waals surface area contributed by atoms with Gasteiger partial charge in [0.05, 0.1) is 18.2 Å². The molecule has 118 valence electrons. The Hall–Kier alpha value is -2.83. The second-order valence-corrected chi connectivity index (χ2v) is 5.11. The van der Waals surface area contributed by atoms with Crippen molar-refractivity contribution < 1.29 is 18.1 Å². The Morgan fingerprint density at radius 3 is 2.22 bits per heavy atom. The highest BCUT2D eigenvalue weighted by Gasteiger charge is 2.31. The Morgan fingerprint density at radius 2 is 1.65 bits per heavy atom. The molecule has 0 atom stereocenters. The third kappa shape index (κ3) is 2.44. The smallest absolute Gasteiger partial charge is 0.358 e. The van der Waals surface area contributed by atoms with Crippen LogP contribution in [0.1, 0.15) is 5.56 Å². The molecule has 0 saturated carbocycles. The van der Waals surface area contributed by atoms with Crippen LogP contribution in [-0.4, -0.2) is 9.49 Å². The van der Waals surface area contributed by atoms with E-state index in [0.717, 1.165) is 12.1 Å². The van der Waals surface area contributed by atoms with E-state index in [1.165, 1.54) is 16.7 Å². The van der Waals surface area contributed by atoms with Crippen LogP contribution < -0.4 is 0 Å². The lowest BCUT2D eigenvalue weighted by Crippen LogP contribution is -2.04. The van der Waals surface area contributed by atoms with Crippen LogP contribution in [0.5, 0.6) is 0 Å². The number of fused-ring (bicyclic) bond motifs is 1. The van der Waals surface area contributed by atoms with E-state index in [0.29, 0.717) is 22.0 Å². The van der Waals surface area contributed by atoms with Crippen molar-refractivity contribution in [2.75, 3.05) is 0 Å². The van der Waals surface area contributed by atoms with Gasteiger partial charge < -0.3 is 10.1 Å². The number of para-hydroxylation sites is 1. The molecule has 4 nitrogen and oxygen atoms in total. The van der Waals surface area contributed by atoms with Gasteiger partial charge >= 0.3 is 12.0 Å². The second-order valence-electron chi connectivity index (χ2n) is 5.11. The van der Waals surface area contributed by atoms with E-state index in [-0.39, 0.29) is 5.82 Å². The molecule has 3 rings (SSSR count). The van der Waals surface area contributed by atoms with Crippen LogP contribution >= 0.6 is 0 Å². The van der Waals surface area contributed by atoms with Crippen LogP contribution in [0.15, 0.2) is 48.5 Å². The second kappa shape index (κ2) is 5.12. The highest BCUT2D eigenvalue weighted by atomic mass is 19.4. The summed E-state index contributed by atoms with van der Waals surface area (Å²) in [4.78, 5) is 10.9. The number of rotatable bonds is 2. The first-order valence-corrected chi connectivity index (χ1v) is 6.70. The molecule has 23 heavy (non-hydrogen) atoms. The predicted octanol–water partition coefficient (Wildman–Crippen LogP) is 4.77. The van der Waals surface area contributed by atoms with E-state index in [1.54, 1.807) is 31.3 Å². The van der Waals surface area contributed by atoms with Gasteiger partial charge in [0.15, 0.2) is 0 Å². The maximum atomic E-state index is 12.7. The van der Waals surface area contributed by atoms with Crippen LogP contribution in [0.4, 0.5) is 19.0 Å². The Bertz CT molecular complexity index is 896. The van der Waals surface area contributed by atoms with Gasteiger partial charge in [0, 0.05) is 5.39 Å². The largest absolute Gasteiger partial charge is 0.416 e. The molecule has 0 bridgehead atoms. The SMILES string of the molecule is Cn1c([N+](=O)[O-])c(-c2ccc(C(F)(F)F)cc2)c2ccccc21. The van der Waals surface area contributed by atoms with E-state index in [2.05, 4.69) is 0 Å². The van der Waals surface area contributed by atoms with Crippen LogP contribution in [0.25, 0.3) is 22.0 Å². The van der Waals surface area contributed by atoms with Gasteiger partial charge in [0.1, 0.15) is 5.52 Å². The monoisotopic (exact) mass is 320 g/mol. The van der Waals surface area contributed by atoms with Gasteiger partial charge in [0.25, 0.3) is 0 Å². The summed E-state index contributed by atoms with van der Waals surface area (Å²) < 4.78 is 39.5. The normalized spacial score (nSPS) is 11.8. The Labute approximate surface area is 128 Å². The van der Waals surface area contributed by atoms with Crippen molar-refractivity contribution in [3.8, 4) is 11.1 Å². The van der Waals surface area contributed by atoms with E-state index >= 15 is 0 Å². The lowest BCUT2D eigenvalue weighted by Gasteiger charge is -2.07. The molecule has 0 aliphatic rings. The molecule has 1 heterocycles. The van der Waals surface area contributed by atoms with E-state index in [1.807, 2.05) is 0 Å². The maximum Gasteiger partial charge on any atom is 0.416 e. The first-order chi connectivity index (χ1) is 10.8. The zero-order chi connectivity index (χ0) is 16.8. The number of nitro groups is 1. The first kappa shape index (κ1) is 15.1. The Morgan fingerprint density at radius 1 is 1.04 bits per heavy atom. The van der Waals surface area contributed by atoms with Crippen molar-refractivity contribution in [1.82, 2.24) is 4.57 Å². The minimum absolute atomic E-state index is 0.147. The van der Waals surface area contributed by atoms with E-state index < -0.39 is 16.7 Å². The zero-order valence-electron chi connectivity index (χ0n) is 12.0. The minimum atomic E-state index is -4.44. The van der Waals surface area contributed by atoms with Crippen molar-refractivity contribution in [3.63, 3.8) is 0 Å². The van der Waals surface area contributed by atoms with Crippen molar-refractivity contribution >= 4 is 16.7 Å². The molecule has 0 radical (unpaired) electrons. The molecule has 0 amide bonds. The highest BCUT2D eigenvalue weighted by Crippen LogP contribution is 2.40. The first-order valence-electron chi connectivity index (χ1n) is 6.70. The molecular weight excluding hydrogens is 309 g/mol. The molecule has 0 aliphatic carbocycles. The van der Waals surface area contributed by atoms with Gasteiger partial charge in [0.2, 0.25) is 0 Å². The molecule has 0 saturated heterocycles. The van der Waals surface area contributed by atoms with Gasteiger partial charge in [-0.25, -0.2) is 4.57 Å². The third-order valence-electron chi connectivity index (χ3n) is 3.75. The minimum Gasteiger partial charge on any atom is -0.358 e. The average molecular weight is 320 g/mol. The number of alkyl halides is 3. The Kier molecular flexibility index (Phi) is 3.35. The number of aromatic nitrogens is 1. The number of nitrogens with zero attached hydrogens (tertiary/aromatic N) is 2. The third-order valence-corrected chi connectivity index (χ3v) is 3.75.